The Kier molecular flexibility index (Phi) is 6.71. The van der Waals surface area contributed by atoms with E-state index in [1.165, 1.54) is 41.7 Å². The number of nitrogens with one attached hydrogen (secondary N) is 1. The standard InChI is InChI=1S/C28H30ClN3O2S/c1-31(2)16-14-28(12-13-28)21-7-3-5-19(17-21)11-15-32-18-20-6-4-8-22(25(20)27(32)34)30-26(33)23-9-10-24(29)35-23/h3-10,17H,11-16,18H2,1-2H3,(H,30,33). The van der Waals surface area contributed by atoms with Gasteiger partial charge in [0, 0.05) is 13.1 Å². The first-order valence-corrected chi connectivity index (χ1v) is 13.3. The third-order valence-electron chi connectivity index (χ3n) is 7.16. The first kappa shape index (κ1) is 24.0. The van der Waals surface area contributed by atoms with Crippen molar-refractivity contribution < 1.29 is 9.59 Å². The van der Waals surface area contributed by atoms with Crippen LogP contribution >= 0.6 is 22.9 Å². The highest BCUT2D eigenvalue weighted by Gasteiger charge is 2.43. The van der Waals surface area contributed by atoms with E-state index in [0.717, 1.165) is 18.5 Å². The van der Waals surface area contributed by atoms with E-state index in [0.29, 0.717) is 39.0 Å². The zero-order chi connectivity index (χ0) is 24.6. The molecule has 1 fully saturated rings. The van der Waals surface area contributed by atoms with E-state index in [2.05, 4.69) is 48.6 Å². The van der Waals surface area contributed by atoms with Crippen LogP contribution in [0, 0.1) is 0 Å². The minimum atomic E-state index is -0.248. The van der Waals surface area contributed by atoms with Gasteiger partial charge in [0.25, 0.3) is 11.8 Å². The number of hydrogen-bond acceptors (Lipinski definition) is 4. The number of thiophene rings is 1. The van der Waals surface area contributed by atoms with Gasteiger partial charge in [0.1, 0.15) is 0 Å². The number of nitrogens with zero attached hydrogens (tertiary/aromatic N) is 2. The van der Waals surface area contributed by atoms with Crippen LogP contribution in [-0.4, -0.2) is 48.8 Å². The molecule has 0 saturated heterocycles. The molecule has 7 heteroatoms. The fourth-order valence-corrected chi connectivity index (χ4v) is 5.86. The van der Waals surface area contributed by atoms with Crippen molar-refractivity contribution in [3.8, 4) is 0 Å². The molecule has 0 bridgehead atoms. The lowest BCUT2D eigenvalue weighted by Gasteiger charge is -2.20. The van der Waals surface area contributed by atoms with Crippen LogP contribution in [0.4, 0.5) is 5.69 Å². The molecule has 5 rings (SSSR count). The Balaban J connectivity index is 1.25. The maximum absolute atomic E-state index is 13.3. The second-order valence-corrected chi connectivity index (χ2v) is 11.6. The Morgan fingerprint density at radius 2 is 1.94 bits per heavy atom. The van der Waals surface area contributed by atoms with E-state index < -0.39 is 0 Å². The van der Waals surface area contributed by atoms with Crippen LogP contribution in [0.5, 0.6) is 0 Å². The lowest BCUT2D eigenvalue weighted by Crippen LogP contribution is -2.27. The number of carbonyl (C=O) groups excluding carboxylic acids is 2. The SMILES string of the molecule is CN(C)CCC1(c2cccc(CCN3Cc4cccc(NC(=O)c5ccc(Cl)s5)c4C3=O)c2)CC1. The Labute approximate surface area is 215 Å². The average molecular weight is 508 g/mol. The van der Waals surface area contributed by atoms with Crippen molar-refractivity contribution in [2.45, 2.75) is 37.6 Å². The van der Waals surface area contributed by atoms with Crippen LogP contribution in [-0.2, 0) is 18.4 Å². The first-order valence-electron chi connectivity index (χ1n) is 12.1. The van der Waals surface area contributed by atoms with Gasteiger partial charge in [-0.2, -0.15) is 0 Å². The number of fused-ring (bicyclic) bond motifs is 1. The van der Waals surface area contributed by atoms with E-state index in [4.69, 9.17) is 11.6 Å². The summed E-state index contributed by atoms with van der Waals surface area (Å²) in [4.78, 5) is 30.6. The molecule has 1 aromatic heterocycles. The van der Waals surface area contributed by atoms with Crippen molar-refractivity contribution in [3.63, 3.8) is 0 Å². The number of carbonyl (C=O) groups is 2. The van der Waals surface area contributed by atoms with Gasteiger partial charge in [-0.15, -0.1) is 11.3 Å². The molecule has 2 aliphatic rings. The largest absolute Gasteiger partial charge is 0.334 e. The fraction of sp³-hybridized carbons (Fsp3) is 0.357. The molecule has 2 aromatic carbocycles. The Bertz CT molecular complexity index is 1260. The molecule has 3 aromatic rings. The normalized spacial score (nSPS) is 16.0. The molecular weight excluding hydrogens is 478 g/mol. The molecule has 1 N–H and O–H groups in total. The van der Waals surface area contributed by atoms with Gasteiger partial charge in [0.2, 0.25) is 0 Å². The number of rotatable bonds is 9. The molecule has 0 spiro atoms. The molecular formula is C28H30ClN3O2S. The van der Waals surface area contributed by atoms with Gasteiger partial charge in [0.05, 0.1) is 20.5 Å². The summed E-state index contributed by atoms with van der Waals surface area (Å²) in [6, 6.07) is 18.0. The highest BCUT2D eigenvalue weighted by atomic mass is 35.5. The summed E-state index contributed by atoms with van der Waals surface area (Å²) in [5.74, 6) is -0.275. The van der Waals surface area contributed by atoms with Gasteiger partial charge in [-0.1, -0.05) is 48.0 Å². The summed E-state index contributed by atoms with van der Waals surface area (Å²) in [7, 11) is 4.26. The second kappa shape index (κ2) is 9.76. The van der Waals surface area contributed by atoms with Crippen molar-refractivity contribution in [2.75, 3.05) is 32.5 Å². The molecule has 1 aliphatic heterocycles. The zero-order valence-corrected chi connectivity index (χ0v) is 21.7. The summed E-state index contributed by atoms with van der Waals surface area (Å²) in [5.41, 5.74) is 5.14. The van der Waals surface area contributed by atoms with Gasteiger partial charge in [0.15, 0.2) is 0 Å². The van der Waals surface area contributed by atoms with Crippen molar-refractivity contribution in [3.05, 3.63) is 86.1 Å². The molecule has 0 unspecified atom stereocenters. The summed E-state index contributed by atoms with van der Waals surface area (Å²) in [5, 5.41) is 2.91. The Hall–Kier alpha value is -2.67. The average Bonchev–Trinajstić information content (AvgIpc) is 3.40. The molecule has 5 nitrogen and oxygen atoms in total. The molecule has 2 amide bonds. The zero-order valence-electron chi connectivity index (χ0n) is 20.1. The fourth-order valence-electron chi connectivity index (χ4n) is 4.92. The predicted molar refractivity (Wildman–Crippen MR) is 143 cm³/mol. The summed E-state index contributed by atoms with van der Waals surface area (Å²) >= 11 is 7.19. The molecule has 0 atom stereocenters. The third kappa shape index (κ3) is 5.15. The van der Waals surface area contributed by atoms with Crippen LogP contribution in [0.25, 0.3) is 0 Å². The van der Waals surface area contributed by atoms with Gasteiger partial charge in [-0.05, 0) is 86.6 Å². The summed E-state index contributed by atoms with van der Waals surface area (Å²) < 4.78 is 0.560. The molecule has 0 radical (unpaired) electrons. The van der Waals surface area contributed by atoms with Gasteiger partial charge >= 0.3 is 0 Å². The number of benzene rings is 2. The Morgan fingerprint density at radius 3 is 2.66 bits per heavy atom. The van der Waals surface area contributed by atoms with E-state index >= 15 is 0 Å². The van der Waals surface area contributed by atoms with Crippen molar-refractivity contribution >= 4 is 40.4 Å². The second-order valence-electron chi connectivity index (χ2n) is 9.91. The van der Waals surface area contributed by atoms with E-state index in [1.807, 2.05) is 17.0 Å². The highest BCUT2D eigenvalue weighted by Crippen LogP contribution is 2.51. The molecule has 1 saturated carbocycles. The number of amides is 2. The quantitative estimate of drug-likeness (QED) is 0.396. The minimum Gasteiger partial charge on any atom is -0.334 e. The van der Waals surface area contributed by atoms with Gasteiger partial charge < -0.3 is 15.1 Å². The van der Waals surface area contributed by atoms with Crippen LogP contribution in [0.3, 0.4) is 0 Å². The number of hydrogen-bond donors (Lipinski definition) is 1. The molecule has 1 aliphatic carbocycles. The summed E-state index contributed by atoms with van der Waals surface area (Å²) in [6.45, 7) is 2.31. The number of halogens is 1. The smallest absolute Gasteiger partial charge is 0.265 e. The van der Waals surface area contributed by atoms with E-state index in [1.54, 1.807) is 18.2 Å². The van der Waals surface area contributed by atoms with Crippen LogP contribution < -0.4 is 5.32 Å². The lowest BCUT2D eigenvalue weighted by atomic mass is 9.90. The maximum Gasteiger partial charge on any atom is 0.265 e. The highest BCUT2D eigenvalue weighted by molar-refractivity contribution is 7.18. The van der Waals surface area contributed by atoms with E-state index in [9.17, 15) is 9.59 Å². The minimum absolute atomic E-state index is 0.0269. The van der Waals surface area contributed by atoms with Crippen molar-refractivity contribution in [1.29, 1.82) is 0 Å². The van der Waals surface area contributed by atoms with E-state index in [-0.39, 0.29) is 11.8 Å². The summed E-state index contributed by atoms with van der Waals surface area (Å²) in [6.07, 6.45) is 4.52. The Morgan fingerprint density at radius 1 is 1.14 bits per heavy atom. The number of anilines is 1. The molecule has 35 heavy (non-hydrogen) atoms. The van der Waals surface area contributed by atoms with Crippen LogP contribution in [0.2, 0.25) is 4.34 Å². The van der Waals surface area contributed by atoms with Crippen molar-refractivity contribution in [1.82, 2.24) is 9.80 Å². The maximum atomic E-state index is 13.3. The molecule has 2 heterocycles. The first-order chi connectivity index (χ1) is 16.8. The topological polar surface area (TPSA) is 52.6 Å². The third-order valence-corrected chi connectivity index (χ3v) is 8.39. The van der Waals surface area contributed by atoms with Gasteiger partial charge in [-0.3, -0.25) is 9.59 Å². The lowest BCUT2D eigenvalue weighted by molar-refractivity contribution is 0.0781. The predicted octanol–water partition coefficient (Wildman–Crippen LogP) is 5.84. The van der Waals surface area contributed by atoms with Crippen molar-refractivity contribution in [2.24, 2.45) is 0 Å². The monoisotopic (exact) mass is 507 g/mol. The van der Waals surface area contributed by atoms with Gasteiger partial charge in [-0.25, -0.2) is 0 Å². The molecule has 182 valence electrons. The van der Waals surface area contributed by atoms with Crippen LogP contribution in [0.1, 0.15) is 56.0 Å². The van der Waals surface area contributed by atoms with Crippen LogP contribution in [0.15, 0.2) is 54.6 Å².